The van der Waals surface area contributed by atoms with Crippen molar-refractivity contribution >= 4 is 24.2 Å². The van der Waals surface area contributed by atoms with E-state index in [-0.39, 0.29) is 35.7 Å². The molecule has 0 spiro atoms. The van der Waals surface area contributed by atoms with Crippen molar-refractivity contribution in [3.05, 3.63) is 0 Å². The number of rotatable bonds is 4. The van der Waals surface area contributed by atoms with Crippen LogP contribution >= 0.6 is 12.4 Å². The second-order valence-electron chi connectivity index (χ2n) is 6.75. The molecule has 21 heavy (non-hydrogen) atoms. The maximum absolute atomic E-state index is 12.7. The molecule has 122 valence electrons. The van der Waals surface area contributed by atoms with E-state index in [9.17, 15) is 9.59 Å². The van der Waals surface area contributed by atoms with Gasteiger partial charge in [-0.25, -0.2) is 0 Å². The van der Waals surface area contributed by atoms with Gasteiger partial charge in [0.2, 0.25) is 11.8 Å². The topological polar surface area (TPSA) is 75.4 Å². The summed E-state index contributed by atoms with van der Waals surface area (Å²) in [7, 11) is 0. The monoisotopic (exact) mass is 317 g/mol. The minimum Gasteiger partial charge on any atom is -0.344 e. The second kappa shape index (κ2) is 7.45. The van der Waals surface area contributed by atoms with E-state index in [2.05, 4.69) is 12.2 Å². The molecule has 0 bridgehead atoms. The molecule has 1 saturated carbocycles. The lowest BCUT2D eigenvalue weighted by atomic mass is 9.90. The lowest BCUT2D eigenvalue weighted by molar-refractivity contribution is -0.137. The standard InChI is InChI=1S/C15H27N3O2.ClH/c1-11(19)17-13(12-5-3-4-6-12)14(20)18-8-7-15(2,9-16)10-18;/h12-13H,3-10,16H2,1-2H3,(H,17,19);1H. The maximum atomic E-state index is 12.7. The molecule has 1 aliphatic carbocycles. The molecule has 0 aromatic rings. The van der Waals surface area contributed by atoms with E-state index in [1.807, 2.05) is 4.90 Å². The highest BCUT2D eigenvalue weighted by Crippen LogP contribution is 2.32. The number of nitrogens with two attached hydrogens (primary N) is 1. The van der Waals surface area contributed by atoms with Crippen molar-refractivity contribution in [1.82, 2.24) is 10.2 Å². The Kier molecular flexibility index (Phi) is 6.47. The molecule has 2 unspecified atom stereocenters. The number of halogens is 1. The number of carbonyl (C=O) groups excluding carboxylic acids is 2. The van der Waals surface area contributed by atoms with Gasteiger partial charge in [0.25, 0.3) is 0 Å². The Balaban J connectivity index is 0.00000220. The Morgan fingerprint density at radius 3 is 2.48 bits per heavy atom. The normalized spacial score (nSPS) is 27.3. The van der Waals surface area contributed by atoms with Crippen molar-refractivity contribution in [1.29, 1.82) is 0 Å². The lowest BCUT2D eigenvalue weighted by Crippen LogP contribution is -2.51. The summed E-state index contributed by atoms with van der Waals surface area (Å²) in [6, 6.07) is -0.338. The summed E-state index contributed by atoms with van der Waals surface area (Å²) in [4.78, 5) is 26.0. The molecule has 6 heteroatoms. The first-order valence-electron chi connectivity index (χ1n) is 7.71. The number of hydrogen-bond donors (Lipinski definition) is 2. The van der Waals surface area contributed by atoms with Gasteiger partial charge >= 0.3 is 0 Å². The Morgan fingerprint density at radius 2 is 2.00 bits per heavy atom. The van der Waals surface area contributed by atoms with Crippen molar-refractivity contribution in [2.75, 3.05) is 19.6 Å². The molecule has 1 saturated heterocycles. The van der Waals surface area contributed by atoms with E-state index >= 15 is 0 Å². The summed E-state index contributed by atoms with van der Waals surface area (Å²) in [5, 5.41) is 2.88. The number of nitrogens with zero attached hydrogens (tertiary/aromatic N) is 1. The number of carbonyl (C=O) groups is 2. The third-order valence-electron chi connectivity index (χ3n) is 4.86. The fourth-order valence-electron chi connectivity index (χ4n) is 3.47. The Hall–Kier alpha value is -0.810. The summed E-state index contributed by atoms with van der Waals surface area (Å²) < 4.78 is 0. The van der Waals surface area contributed by atoms with E-state index in [1.165, 1.54) is 6.92 Å². The van der Waals surface area contributed by atoms with Crippen LogP contribution in [0.15, 0.2) is 0 Å². The summed E-state index contributed by atoms with van der Waals surface area (Å²) >= 11 is 0. The van der Waals surface area contributed by atoms with E-state index in [1.54, 1.807) is 0 Å². The van der Waals surface area contributed by atoms with Crippen LogP contribution in [-0.2, 0) is 9.59 Å². The van der Waals surface area contributed by atoms with Crippen LogP contribution in [0, 0.1) is 11.3 Å². The van der Waals surface area contributed by atoms with E-state index in [4.69, 9.17) is 5.73 Å². The van der Waals surface area contributed by atoms with E-state index in [0.717, 1.165) is 38.6 Å². The minimum absolute atomic E-state index is 0. The Bertz CT molecular complexity index is 385. The van der Waals surface area contributed by atoms with Gasteiger partial charge in [0.05, 0.1) is 0 Å². The molecular weight excluding hydrogens is 290 g/mol. The third-order valence-corrected chi connectivity index (χ3v) is 4.86. The maximum Gasteiger partial charge on any atom is 0.245 e. The first-order chi connectivity index (χ1) is 9.45. The van der Waals surface area contributed by atoms with Crippen LogP contribution in [0.1, 0.15) is 46.0 Å². The molecule has 0 aromatic heterocycles. The van der Waals surface area contributed by atoms with E-state index in [0.29, 0.717) is 19.0 Å². The fourth-order valence-corrected chi connectivity index (χ4v) is 3.47. The van der Waals surface area contributed by atoms with Gasteiger partial charge < -0.3 is 16.0 Å². The van der Waals surface area contributed by atoms with Gasteiger partial charge in [-0.2, -0.15) is 0 Å². The molecule has 2 fully saturated rings. The lowest BCUT2D eigenvalue weighted by Gasteiger charge is -2.29. The van der Waals surface area contributed by atoms with E-state index < -0.39 is 0 Å². The molecule has 0 radical (unpaired) electrons. The SMILES string of the molecule is CC(=O)NC(C(=O)N1CCC(C)(CN)C1)C1CCCC1.Cl. The molecule has 0 aromatic carbocycles. The first-order valence-corrected chi connectivity index (χ1v) is 7.71. The van der Waals surface area contributed by atoms with Crippen LogP contribution in [0.25, 0.3) is 0 Å². The van der Waals surface area contributed by atoms with Gasteiger partial charge in [-0.3, -0.25) is 9.59 Å². The zero-order valence-corrected chi connectivity index (χ0v) is 13.9. The van der Waals surface area contributed by atoms with Crippen LogP contribution < -0.4 is 11.1 Å². The molecule has 1 heterocycles. The number of amides is 2. The summed E-state index contributed by atoms with van der Waals surface area (Å²) in [5.74, 6) is 0.274. The third kappa shape index (κ3) is 4.33. The van der Waals surface area contributed by atoms with Gasteiger partial charge in [-0.05, 0) is 37.1 Å². The van der Waals surface area contributed by atoms with Crippen LogP contribution in [0.5, 0.6) is 0 Å². The Labute approximate surface area is 133 Å². The van der Waals surface area contributed by atoms with Gasteiger partial charge in [0.1, 0.15) is 6.04 Å². The quantitative estimate of drug-likeness (QED) is 0.820. The highest BCUT2D eigenvalue weighted by atomic mass is 35.5. The van der Waals surface area contributed by atoms with Crippen molar-refractivity contribution in [2.24, 2.45) is 17.1 Å². The number of likely N-dealkylation sites (tertiary alicyclic amines) is 1. The van der Waals surface area contributed by atoms with Crippen LogP contribution in [-0.4, -0.2) is 42.4 Å². The number of hydrogen-bond acceptors (Lipinski definition) is 3. The van der Waals surface area contributed by atoms with Gasteiger partial charge in [-0.15, -0.1) is 12.4 Å². The molecule has 2 aliphatic rings. The molecule has 2 amide bonds. The summed E-state index contributed by atoms with van der Waals surface area (Å²) in [5.41, 5.74) is 5.84. The molecular formula is C15H28ClN3O2. The second-order valence-corrected chi connectivity index (χ2v) is 6.75. The highest BCUT2D eigenvalue weighted by Gasteiger charge is 2.40. The predicted molar refractivity (Wildman–Crippen MR) is 85.2 cm³/mol. The van der Waals surface area contributed by atoms with Gasteiger partial charge in [0.15, 0.2) is 0 Å². The van der Waals surface area contributed by atoms with Crippen molar-refractivity contribution < 1.29 is 9.59 Å². The molecule has 2 atom stereocenters. The smallest absolute Gasteiger partial charge is 0.245 e. The van der Waals surface area contributed by atoms with Crippen molar-refractivity contribution in [2.45, 2.75) is 52.0 Å². The van der Waals surface area contributed by atoms with Crippen molar-refractivity contribution in [3.63, 3.8) is 0 Å². The Morgan fingerprint density at radius 1 is 1.38 bits per heavy atom. The average Bonchev–Trinajstić information content (AvgIpc) is 3.05. The average molecular weight is 318 g/mol. The summed E-state index contributed by atoms with van der Waals surface area (Å²) in [6.07, 6.45) is 5.35. The largest absolute Gasteiger partial charge is 0.344 e. The molecule has 1 aliphatic heterocycles. The van der Waals surface area contributed by atoms with Crippen molar-refractivity contribution in [3.8, 4) is 0 Å². The van der Waals surface area contributed by atoms with Crippen LogP contribution in [0.2, 0.25) is 0 Å². The zero-order valence-electron chi connectivity index (χ0n) is 13.1. The van der Waals surface area contributed by atoms with Gasteiger partial charge in [0, 0.05) is 20.0 Å². The minimum atomic E-state index is -0.338. The molecule has 5 nitrogen and oxygen atoms in total. The van der Waals surface area contributed by atoms with Crippen LogP contribution in [0.4, 0.5) is 0 Å². The highest BCUT2D eigenvalue weighted by molar-refractivity contribution is 5.87. The fraction of sp³-hybridized carbons (Fsp3) is 0.867. The zero-order chi connectivity index (χ0) is 14.8. The predicted octanol–water partition coefficient (Wildman–Crippen LogP) is 1.30. The number of nitrogens with one attached hydrogen (secondary N) is 1. The first kappa shape index (κ1) is 18.2. The molecule has 3 N–H and O–H groups in total. The molecule has 2 rings (SSSR count). The summed E-state index contributed by atoms with van der Waals surface area (Å²) in [6.45, 7) is 5.69. The van der Waals surface area contributed by atoms with Gasteiger partial charge in [-0.1, -0.05) is 19.8 Å². The van der Waals surface area contributed by atoms with Crippen LogP contribution in [0.3, 0.4) is 0 Å².